The molecule has 0 spiro atoms. The molecule has 0 N–H and O–H groups in total. The lowest BCUT2D eigenvalue weighted by molar-refractivity contribution is -0.135. The average molecular weight is 418 g/mol. The maximum absolute atomic E-state index is 12.7. The third kappa shape index (κ3) is 4.45. The highest BCUT2D eigenvalue weighted by atomic mass is 16.5. The van der Waals surface area contributed by atoms with Gasteiger partial charge in [-0.05, 0) is 49.4 Å². The molecule has 160 valence electrons. The van der Waals surface area contributed by atoms with Crippen LogP contribution in [0.4, 0.5) is 0 Å². The molecule has 5 rings (SSSR count). The highest BCUT2D eigenvalue weighted by Gasteiger charge is 2.44. The van der Waals surface area contributed by atoms with Gasteiger partial charge in [-0.2, -0.15) is 4.98 Å². The summed E-state index contributed by atoms with van der Waals surface area (Å²) < 4.78 is 11.2. The zero-order chi connectivity index (χ0) is 21.1. The van der Waals surface area contributed by atoms with E-state index in [4.69, 9.17) is 14.2 Å². The van der Waals surface area contributed by atoms with Crippen molar-refractivity contribution in [1.29, 1.82) is 0 Å². The first kappa shape index (κ1) is 19.7. The minimum absolute atomic E-state index is 0.0213. The standard InChI is InChI=1S/C24H26N4O3/c29-21(17-30-20-6-2-1-3-7-20)28-13-10-24(11-14-28,15-18-8-9-18)23-26-22(31-27-23)19-5-4-12-25-16-19/h1-7,12,16,18H,8-11,13-15,17H2. The van der Waals surface area contributed by atoms with Crippen LogP contribution in [0.2, 0.25) is 0 Å². The maximum Gasteiger partial charge on any atom is 0.260 e. The molecule has 3 heterocycles. The quantitative estimate of drug-likeness (QED) is 0.579. The van der Waals surface area contributed by atoms with Crippen LogP contribution in [-0.4, -0.2) is 45.6 Å². The summed E-state index contributed by atoms with van der Waals surface area (Å²) in [6.07, 6.45) is 8.73. The zero-order valence-corrected chi connectivity index (χ0v) is 17.4. The van der Waals surface area contributed by atoms with E-state index in [0.717, 1.165) is 36.6 Å². The number of hydrogen-bond donors (Lipinski definition) is 0. The largest absolute Gasteiger partial charge is 0.484 e. The zero-order valence-electron chi connectivity index (χ0n) is 17.4. The molecular weight excluding hydrogens is 392 g/mol. The number of carbonyl (C=O) groups excluding carboxylic acids is 1. The van der Waals surface area contributed by atoms with Gasteiger partial charge in [0.15, 0.2) is 12.4 Å². The summed E-state index contributed by atoms with van der Waals surface area (Å²) in [6, 6.07) is 13.2. The van der Waals surface area contributed by atoms with Crippen LogP contribution in [0.5, 0.6) is 5.75 Å². The number of hydrogen-bond acceptors (Lipinski definition) is 6. The van der Waals surface area contributed by atoms with E-state index in [0.29, 0.717) is 24.7 Å². The lowest BCUT2D eigenvalue weighted by Crippen LogP contribution is -2.47. The van der Waals surface area contributed by atoms with Crippen LogP contribution in [0.15, 0.2) is 59.4 Å². The Kier molecular flexibility index (Phi) is 5.40. The van der Waals surface area contributed by atoms with Crippen LogP contribution < -0.4 is 4.74 Å². The van der Waals surface area contributed by atoms with Gasteiger partial charge in [-0.15, -0.1) is 0 Å². The fraction of sp³-hybridized carbons (Fsp3) is 0.417. The number of carbonyl (C=O) groups is 1. The molecule has 0 radical (unpaired) electrons. The number of para-hydroxylation sites is 1. The highest BCUT2D eigenvalue weighted by molar-refractivity contribution is 5.78. The molecule has 2 aliphatic rings. The number of likely N-dealkylation sites (tertiary alicyclic amines) is 1. The van der Waals surface area contributed by atoms with Gasteiger partial charge in [-0.1, -0.05) is 36.2 Å². The van der Waals surface area contributed by atoms with Gasteiger partial charge < -0.3 is 14.2 Å². The first-order valence-electron chi connectivity index (χ1n) is 10.9. The van der Waals surface area contributed by atoms with Crippen LogP contribution in [0, 0.1) is 5.92 Å². The maximum atomic E-state index is 12.7. The summed E-state index contributed by atoms with van der Waals surface area (Å²) in [4.78, 5) is 23.5. The molecule has 0 atom stereocenters. The fourth-order valence-electron chi connectivity index (χ4n) is 4.38. The van der Waals surface area contributed by atoms with Crippen LogP contribution in [0.1, 0.15) is 37.9 Å². The number of nitrogens with zero attached hydrogens (tertiary/aromatic N) is 4. The van der Waals surface area contributed by atoms with Crippen LogP contribution in [0.3, 0.4) is 0 Å². The van der Waals surface area contributed by atoms with E-state index in [1.165, 1.54) is 12.8 Å². The van der Waals surface area contributed by atoms with Crippen molar-refractivity contribution in [2.45, 2.75) is 37.5 Å². The highest BCUT2D eigenvalue weighted by Crippen LogP contribution is 2.46. The lowest BCUT2D eigenvalue weighted by atomic mass is 9.73. The SMILES string of the molecule is O=C(COc1ccccc1)N1CCC(CC2CC2)(c2noc(-c3cccnc3)n2)CC1. The Balaban J connectivity index is 1.26. The van der Waals surface area contributed by atoms with Crippen molar-refractivity contribution in [3.8, 4) is 17.2 Å². The van der Waals surface area contributed by atoms with Crippen molar-refractivity contribution in [3.05, 3.63) is 60.7 Å². The Morgan fingerprint density at radius 1 is 1.13 bits per heavy atom. The van der Waals surface area contributed by atoms with E-state index in [9.17, 15) is 4.79 Å². The van der Waals surface area contributed by atoms with Crippen molar-refractivity contribution in [2.75, 3.05) is 19.7 Å². The Labute approximate surface area is 181 Å². The second-order valence-corrected chi connectivity index (χ2v) is 8.58. The summed E-state index contributed by atoms with van der Waals surface area (Å²) in [5, 5.41) is 4.37. The number of piperidine rings is 1. The summed E-state index contributed by atoms with van der Waals surface area (Å²) >= 11 is 0. The molecule has 1 saturated carbocycles. The number of amides is 1. The van der Waals surface area contributed by atoms with Crippen molar-refractivity contribution in [3.63, 3.8) is 0 Å². The predicted octanol–water partition coefficient (Wildman–Crippen LogP) is 3.87. The van der Waals surface area contributed by atoms with Gasteiger partial charge in [-0.3, -0.25) is 9.78 Å². The van der Waals surface area contributed by atoms with Crippen molar-refractivity contribution >= 4 is 5.91 Å². The van der Waals surface area contributed by atoms with E-state index in [1.54, 1.807) is 12.4 Å². The molecule has 0 unspecified atom stereocenters. The predicted molar refractivity (Wildman–Crippen MR) is 114 cm³/mol. The number of ether oxygens (including phenoxy) is 1. The topological polar surface area (TPSA) is 81.4 Å². The molecule has 31 heavy (non-hydrogen) atoms. The molecule has 7 heteroatoms. The van der Waals surface area contributed by atoms with E-state index < -0.39 is 0 Å². The fourth-order valence-corrected chi connectivity index (χ4v) is 4.38. The summed E-state index contributed by atoms with van der Waals surface area (Å²) in [5.41, 5.74) is 0.691. The number of benzene rings is 1. The lowest BCUT2D eigenvalue weighted by Gasteiger charge is -2.40. The van der Waals surface area contributed by atoms with Crippen molar-refractivity contribution < 1.29 is 14.1 Å². The van der Waals surface area contributed by atoms with Gasteiger partial charge in [0.25, 0.3) is 11.8 Å². The van der Waals surface area contributed by atoms with E-state index in [1.807, 2.05) is 47.4 Å². The van der Waals surface area contributed by atoms with Crippen LogP contribution in [0.25, 0.3) is 11.5 Å². The van der Waals surface area contributed by atoms with E-state index in [2.05, 4.69) is 10.1 Å². The average Bonchev–Trinajstić information content (AvgIpc) is 3.49. The molecule has 0 bridgehead atoms. The second kappa shape index (κ2) is 8.49. The Hall–Kier alpha value is -3.22. The molecule has 1 amide bonds. The first-order chi connectivity index (χ1) is 15.2. The molecule has 2 aromatic heterocycles. The first-order valence-corrected chi connectivity index (χ1v) is 10.9. The minimum Gasteiger partial charge on any atom is -0.484 e. The molecule has 2 fully saturated rings. The Morgan fingerprint density at radius 3 is 2.65 bits per heavy atom. The number of pyridine rings is 1. The molecule has 7 nitrogen and oxygen atoms in total. The van der Waals surface area contributed by atoms with E-state index in [-0.39, 0.29) is 17.9 Å². The van der Waals surface area contributed by atoms with Gasteiger partial charge in [-0.25, -0.2) is 0 Å². The van der Waals surface area contributed by atoms with Crippen molar-refractivity contribution in [1.82, 2.24) is 20.0 Å². The van der Waals surface area contributed by atoms with Gasteiger partial charge in [0.2, 0.25) is 0 Å². The molecule has 3 aromatic rings. The van der Waals surface area contributed by atoms with Gasteiger partial charge >= 0.3 is 0 Å². The summed E-state index contributed by atoms with van der Waals surface area (Å²) in [5.74, 6) is 2.74. The van der Waals surface area contributed by atoms with Crippen molar-refractivity contribution in [2.24, 2.45) is 5.92 Å². The smallest absolute Gasteiger partial charge is 0.260 e. The molecule has 1 aliphatic heterocycles. The third-order valence-electron chi connectivity index (χ3n) is 6.36. The van der Waals surface area contributed by atoms with Gasteiger partial charge in [0.05, 0.1) is 5.56 Å². The number of rotatable bonds is 7. The van der Waals surface area contributed by atoms with E-state index >= 15 is 0 Å². The van der Waals surface area contributed by atoms with Gasteiger partial charge in [0, 0.05) is 30.9 Å². The molecule has 1 aliphatic carbocycles. The molecule has 1 saturated heterocycles. The molecular formula is C24H26N4O3. The second-order valence-electron chi connectivity index (χ2n) is 8.58. The normalized spacial score (nSPS) is 18.0. The summed E-state index contributed by atoms with van der Waals surface area (Å²) in [6.45, 7) is 1.42. The number of aromatic nitrogens is 3. The van der Waals surface area contributed by atoms with Crippen LogP contribution >= 0.6 is 0 Å². The third-order valence-corrected chi connectivity index (χ3v) is 6.36. The van der Waals surface area contributed by atoms with Gasteiger partial charge in [0.1, 0.15) is 5.75 Å². The van der Waals surface area contributed by atoms with Crippen LogP contribution in [-0.2, 0) is 10.2 Å². The summed E-state index contributed by atoms with van der Waals surface area (Å²) in [7, 11) is 0. The monoisotopic (exact) mass is 418 g/mol. The Bertz CT molecular complexity index is 1010. The Morgan fingerprint density at radius 2 is 1.94 bits per heavy atom. The minimum atomic E-state index is -0.137. The molecule has 1 aromatic carbocycles.